The summed E-state index contributed by atoms with van der Waals surface area (Å²) in [5, 5.41) is 3.24. The lowest BCUT2D eigenvalue weighted by molar-refractivity contribution is 0.320. The van der Waals surface area contributed by atoms with Gasteiger partial charge in [-0.2, -0.15) is 0 Å². The SMILES string of the molecule is C[C@@]1(CCCI)C[C@@H](F)CN1. The molecule has 1 aliphatic heterocycles. The third-order valence-electron chi connectivity index (χ3n) is 2.28. The summed E-state index contributed by atoms with van der Waals surface area (Å²) in [5.74, 6) is 0. The molecule has 1 fully saturated rings. The first-order valence-corrected chi connectivity index (χ1v) is 5.64. The van der Waals surface area contributed by atoms with Gasteiger partial charge in [0.15, 0.2) is 0 Å². The molecule has 0 amide bonds. The van der Waals surface area contributed by atoms with E-state index in [0.717, 1.165) is 6.42 Å². The molecule has 1 N–H and O–H groups in total. The van der Waals surface area contributed by atoms with E-state index < -0.39 is 6.17 Å². The molecule has 3 heteroatoms. The molecule has 1 heterocycles. The van der Waals surface area contributed by atoms with Crippen LogP contribution in [0, 0.1) is 0 Å². The summed E-state index contributed by atoms with van der Waals surface area (Å²) < 4.78 is 14.0. The van der Waals surface area contributed by atoms with Crippen LogP contribution in [-0.2, 0) is 0 Å². The van der Waals surface area contributed by atoms with Gasteiger partial charge in [0.2, 0.25) is 0 Å². The topological polar surface area (TPSA) is 12.0 Å². The lowest BCUT2D eigenvalue weighted by atomic mass is 9.94. The van der Waals surface area contributed by atoms with Crippen LogP contribution >= 0.6 is 22.6 Å². The van der Waals surface area contributed by atoms with Crippen molar-refractivity contribution < 1.29 is 4.39 Å². The lowest BCUT2D eigenvalue weighted by Gasteiger charge is -2.23. The first-order chi connectivity index (χ1) is 5.16. The zero-order valence-corrected chi connectivity index (χ0v) is 9.03. The Morgan fingerprint density at radius 2 is 2.45 bits per heavy atom. The molecule has 2 atom stereocenters. The van der Waals surface area contributed by atoms with Crippen molar-refractivity contribution in [3.63, 3.8) is 0 Å². The van der Waals surface area contributed by atoms with Gasteiger partial charge in [-0.05, 0) is 30.6 Å². The highest BCUT2D eigenvalue weighted by molar-refractivity contribution is 14.1. The van der Waals surface area contributed by atoms with Crippen molar-refractivity contribution in [3.05, 3.63) is 0 Å². The van der Waals surface area contributed by atoms with E-state index in [-0.39, 0.29) is 5.54 Å². The maximum absolute atomic E-state index is 12.8. The van der Waals surface area contributed by atoms with Gasteiger partial charge < -0.3 is 5.32 Å². The zero-order chi connectivity index (χ0) is 8.32. The van der Waals surface area contributed by atoms with Crippen LogP contribution in [-0.4, -0.2) is 22.7 Å². The normalized spacial score (nSPS) is 37.9. The smallest absolute Gasteiger partial charge is 0.114 e. The van der Waals surface area contributed by atoms with Gasteiger partial charge in [0.25, 0.3) is 0 Å². The van der Waals surface area contributed by atoms with Crippen molar-refractivity contribution in [1.29, 1.82) is 0 Å². The molecule has 0 aromatic carbocycles. The molecule has 0 aliphatic carbocycles. The van der Waals surface area contributed by atoms with Gasteiger partial charge in [-0.3, -0.25) is 0 Å². The average molecular weight is 271 g/mol. The second kappa shape index (κ2) is 4.03. The first-order valence-electron chi connectivity index (χ1n) is 4.11. The van der Waals surface area contributed by atoms with Crippen molar-refractivity contribution in [3.8, 4) is 0 Å². The standard InChI is InChI=1S/C8H15FIN/c1-8(3-2-4-10)5-7(9)6-11-8/h7,11H,2-6H2,1H3/t7-,8-/m1/s1. The highest BCUT2D eigenvalue weighted by Gasteiger charge is 2.33. The van der Waals surface area contributed by atoms with E-state index in [0.29, 0.717) is 13.0 Å². The summed E-state index contributed by atoms with van der Waals surface area (Å²) in [4.78, 5) is 0. The number of alkyl halides is 2. The zero-order valence-electron chi connectivity index (χ0n) is 6.87. The maximum Gasteiger partial charge on any atom is 0.114 e. The Hall–Kier alpha value is 0.620. The highest BCUT2D eigenvalue weighted by Crippen LogP contribution is 2.25. The van der Waals surface area contributed by atoms with Crippen LogP contribution in [0.1, 0.15) is 26.2 Å². The third kappa shape index (κ3) is 2.86. The van der Waals surface area contributed by atoms with E-state index in [2.05, 4.69) is 34.8 Å². The van der Waals surface area contributed by atoms with E-state index in [1.54, 1.807) is 0 Å². The van der Waals surface area contributed by atoms with Gasteiger partial charge in [0.1, 0.15) is 6.17 Å². The number of rotatable bonds is 3. The van der Waals surface area contributed by atoms with Crippen LogP contribution in [0.5, 0.6) is 0 Å². The van der Waals surface area contributed by atoms with E-state index in [9.17, 15) is 4.39 Å². The number of halogens is 2. The highest BCUT2D eigenvalue weighted by atomic mass is 127. The van der Waals surface area contributed by atoms with Crippen LogP contribution in [0.15, 0.2) is 0 Å². The second-order valence-electron chi connectivity index (χ2n) is 3.54. The summed E-state index contributed by atoms with van der Waals surface area (Å²) in [7, 11) is 0. The lowest BCUT2D eigenvalue weighted by Crippen LogP contribution is -2.35. The molecule has 0 aromatic rings. The summed E-state index contributed by atoms with van der Waals surface area (Å²) in [6.07, 6.45) is 2.38. The van der Waals surface area contributed by atoms with E-state index in [1.807, 2.05) is 0 Å². The molecule has 1 aliphatic rings. The Morgan fingerprint density at radius 1 is 1.73 bits per heavy atom. The van der Waals surface area contributed by atoms with Crippen LogP contribution in [0.3, 0.4) is 0 Å². The van der Waals surface area contributed by atoms with Gasteiger partial charge in [-0.25, -0.2) is 4.39 Å². The summed E-state index contributed by atoms with van der Waals surface area (Å²) in [6.45, 7) is 2.68. The van der Waals surface area contributed by atoms with Crippen molar-refractivity contribution in [2.24, 2.45) is 0 Å². The predicted molar refractivity (Wildman–Crippen MR) is 54.0 cm³/mol. The number of hydrogen-bond acceptors (Lipinski definition) is 1. The Bertz CT molecular complexity index is 131. The average Bonchev–Trinajstić information content (AvgIpc) is 2.28. The monoisotopic (exact) mass is 271 g/mol. The molecule has 0 bridgehead atoms. The maximum atomic E-state index is 12.8. The molecule has 66 valence electrons. The van der Waals surface area contributed by atoms with Gasteiger partial charge in [0.05, 0.1) is 0 Å². The number of nitrogens with one attached hydrogen (secondary N) is 1. The molecule has 0 radical (unpaired) electrons. The molecule has 1 nitrogen and oxygen atoms in total. The quantitative estimate of drug-likeness (QED) is 0.613. The fourth-order valence-electron chi connectivity index (χ4n) is 1.64. The molecule has 0 unspecified atom stereocenters. The molecule has 11 heavy (non-hydrogen) atoms. The Kier molecular flexibility index (Phi) is 3.55. The summed E-state index contributed by atoms with van der Waals surface area (Å²) >= 11 is 2.36. The second-order valence-corrected chi connectivity index (χ2v) is 4.61. The van der Waals surface area contributed by atoms with Gasteiger partial charge in [-0.15, -0.1) is 0 Å². The van der Waals surface area contributed by atoms with Crippen LogP contribution in [0.2, 0.25) is 0 Å². The fraction of sp³-hybridized carbons (Fsp3) is 1.00. The minimum atomic E-state index is -0.616. The molecule has 0 spiro atoms. The molecule has 0 saturated carbocycles. The molecule has 1 saturated heterocycles. The van der Waals surface area contributed by atoms with Crippen molar-refractivity contribution in [2.75, 3.05) is 11.0 Å². The van der Waals surface area contributed by atoms with Crippen molar-refractivity contribution >= 4 is 22.6 Å². The fourth-order valence-corrected chi connectivity index (χ4v) is 2.02. The summed E-state index contributed by atoms with van der Waals surface area (Å²) in [6, 6.07) is 0. The third-order valence-corrected chi connectivity index (χ3v) is 3.05. The van der Waals surface area contributed by atoms with Crippen LogP contribution < -0.4 is 5.32 Å². The first kappa shape index (κ1) is 9.71. The van der Waals surface area contributed by atoms with Crippen molar-refractivity contribution in [1.82, 2.24) is 5.32 Å². The van der Waals surface area contributed by atoms with Crippen LogP contribution in [0.25, 0.3) is 0 Å². The van der Waals surface area contributed by atoms with E-state index in [4.69, 9.17) is 0 Å². The Balaban J connectivity index is 2.29. The summed E-state index contributed by atoms with van der Waals surface area (Å²) in [5.41, 5.74) is 0.0879. The molecule has 1 rings (SSSR count). The van der Waals surface area contributed by atoms with Crippen molar-refractivity contribution in [2.45, 2.75) is 37.9 Å². The minimum absolute atomic E-state index is 0.0879. The van der Waals surface area contributed by atoms with E-state index in [1.165, 1.54) is 10.8 Å². The molecule has 0 aromatic heterocycles. The number of hydrogen-bond donors (Lipinski definition) is 1. The minimum Gasteiger partial charge on any atom is -0.309 e. The van der Waals surface area contributed by atoms with E-state index >= 15 is 0 Å². The molecular formula is C8H15FIN. The van der Waals surface area contributed by atoms with Gasteiger partial charge in [0, 0.05) is 12.1 Å². The Morgan fingerprint density at radius 3 is 2.91 bits per heavy atom. The largest absolute Gasteiger partial charge is 0.309 e. The Labute approximate surface area is 81.3 Å². The predicted octanol–water partition coefficient (Wildman–Crippen LogP) is 2.29. The van der Waals surface area contributed by atoms with Gasteiger partial charge >= 0.3 is 0 Å². The van der Waals surface area contributed by atoms with Crippen LogP contribution in [0.4, 0.5) is 4.39 Å². The van der Waals surface area contributed by atoms with Gasteiger partial charge in [-0.1, -0.05) is 22.6 Å². The molecular weight excluding hydrogens is 256 g/mol.